The van der Waals surface area contributed by atoms with Crippen LogP contribution >= 0.6 is 24.2 Å². The van der Waals surface area contributed by atoms with Crippen molar-refractivity contribution in [3.8, 4) is 0 Å². The van der Waals surface area contributed by atoms with Crippen LogP contribution in [0.4, 0.5) is 4.39 Å². The Labute approximate surface area is 152 Å². The summed E-state index contributed by atoms with van der Waals surface area (Å²) in [7, 11) is 0. The Morgan fingerprint density at radius 3 is 2.42 bits per heavy atom. The average Bonchev–Trinajstić information content (AvgIpc) is 2.58. The second kappa shape index (κ2) is 11.1. The van der Waals surface area contributed by atoms with Gasteiger partial charge in [0.25, 0.3) is 0 Å². The Bertz CT molecular complexity index is 627. The minimum atomic E-state index is -0.481. The number of hydrogen-bond acceptors (Lipinski definition) is 3. The lowest BCUT2D eigenvalue weighted by Crippen LogP contribution is -2.29. The summed E-state index contributed by atoms with van der Waals surface area (Å²) in [6.07, 6.45) is 1.71. The molecule has 0 radical (unpaired) electrons. The van der Waals surface area contributed by atoms with Gasteiger partial charge in [-0.05, 0) is 37.1 Å². The molecule has 2 aromatic rings. The Kier molecular flexibility index (Phi) is 9.45. The van der Waals surface area contributed by atoms with Crippen LogP contribution in [0.25, 0.3) is 0 Å². The van der Waals surface area contributed by atoms with Gasteiger partial charge in [0, 0.05) is 11.4 Å². The van der Waals surface area contributed by atoms with Crippen LogP contribution in [0, 0.1) is 5.82 Å². The van der Waals surface area contributed by atoms with E-state index >= 15 is 0 Å². The lowest BCUT2D eigenvalue weighted by molar-refractivity contribution is -0.120. The minimum Gasteiger partial charge on any atom is -0.355 e. The molecule has 6 heteroatoms. The fourth-order valence-electron chi connectivity index (χ4n) is 2.14. The van der Waals surface area contributed by atoms with Crippen LogP contribution in [-0.4, -0.2) is 19.0 Å². The van der Waals surface area contributed by atoms with Gasteiger partial charge in [0.05, 0.1) is 0 Å². The van der Waals surface area contributed by atoms with E-state index in [4.69, 9.17) is 5.73 Å². The number of nitrogens with one attached hydrogen (secondary N) is 1. The molecule has 2 rings (SSSR count). The smallest absolute Gasteiger partial charge is 0.237 e. The SMILES string of the molecule is Cl.NCCCCNC(=O)C(Sc1ccccc1F)c1ccccc1. The number of thioether (sulfide) groups is 1. The Balaban J connectivity index is 0.00000288. The molecule has 0 saturated carbocycles. The molecule has 3 N–H and O–H groups in total. The molecule has 0 spiro atoms. The fraction of sp³-hybridized carbons (Fsp3) is 0.278. The summed E-state index contributed by atoms with van der Waals surface area (Å²) >= 11 is 1.23. The van der Waals surface area contributed by atoms with Gasteiger partial charge < -0.3 is 11.1 Å². The number of halogens is 2. The molecule has 0 aromatic heterocycles. The molecule has 0 aliphatic carbocycles. The van der Waals surface area contributed by atoms with E-state index in [2.05, 4.69) is 5.32 Å². The van der Waals surface area contributed by atoms with E-state index in [-0.39, 0.29) is 24.1 Å². The highest BCUT2D eigenvalue weighted by Crippen LogP contribution is 2.36. The molecule has 0 bridgehead atoms. The lowest BCUT2D eigenvalue weighted by Gasteiger charge is -2.17. The molecule has 0 fully saturated rings. The lowest BCUT2D eigenvalue weighted by atomic mass is 10.1. The van der Waals surface area contributed by atoms with E-state index in [1.807, 2.05) is 30.3 Å². The summed E-state index contributed by atoms with van der Waals surface area (Å²) in [5.41, 5.74) is 6.31. The van der Waals surface area contributed by atoms with Crippen molar-refractivity contribution in [2.45, 2.75) is 23.0 Å². The third kappa shape index (κ3) is 6.15. The van der Waals surface area contributed by atoms with Crippen LogP contribution in [0.3, 0.4) is 0 Å². The van der Waals surface area contributed by atoms with Crippen molar-refractivity contribution in [1.29, 1.82) is 0 Å². The zero-order valence-electron chi connectivity index (χ0n) is 13.3. The maximum Gasteiger partial charge on any atom is 0.237 e. The molecule has 1 unspecified atom stereocenters. The van der Waals surface area contributed by atoms with Crippen molar-refractivity contribution in [2.75, 3.05) is 13.1 Å². The van der Waals surface area contributed by atoms with Crippen molar-refractivity contribution < 1.29 is 9.18 Å². The minimum absolute atomic E-state index is 0. The van der Waals surface area contributed by atoms with E-state index in [1.165, 1.54) is 17.8 Å². The molecule has 0 aliphatic rings. The van der Waals surface area contributed by atoms with Crippen molar-refractivity contribution in [3.63, 3.8) is 0 Å². The first-order valence-corrected chi connectivity index (χ1v) is 8.54. The third-order valence-electron chi connectivity index (χ3n) is 3.35. The van der Waals surface area contributed by atoms with Crippen molar-refractivity contribution in [3.05, 3.63) is 66.0 Å². The quantitative estimate of drug-likeness (QED) is 0.548. The number of benzene rings is 2. The zero-order chi connectivity index (χ0) is 16.5. The van der Waals surface area contributed by atoms with Crippen LogP contribution in [-0.2, 0) is 4.79 Å². The number of carbonyl (C=O) groups excluding carboxylic acids is 1. The predicted octanol–water partition coefficient (Wildman–Crippen LogP) is 3.94. The summed E-state index contributed by atoms with van der Waals surface area (Å²) in [6, 6.07) is 15.9. The first-order valence-electron chi connectivity index (χ1n) is 7.66. The van der Waals surface area contributed by atoms with Gasteiger partial charge in [0.15, 0.2) is 0 Å². The number of hydrogen-bond donors (Lipinski definition) is 2. The fourth-order valence-corrected chi connectivity index (χ4v) is 3.22. The van der Waals surface area contributed by atoms with E-state index in [1.54, 1.807) is 18.2 Å². The van der Waals surface area contributed by atoms with Crippen LogP contribution in [0.1, 0.15) is 23.7 Å². The number of carbonyl (C=O) groups is 1. The number of amides is 1. The monoisotopic (exact) mass is 368 g/mol. The zero-order valence-corrected chi connectivity index (χ0v) is 14.9. The van der Waals surface area contributed by atoms with Gasteiger partial charge in [-0.25, -0.2) is 4.39 Å². The summed E-state index contributed by atoms with van der Waals surface area (Å²) in [6.45, 7) is 1.19. The molecule has 1 amide bonds. The molecule has 3 nitrogen and oxygen atoms in total. The van der Waals surface area contributed by atoms with Crippen molar-refractivity contribution in [2.24, 2.45) is 5.73 Å². The van der Waals surface area contributed by atoms with E-state index in [0.29, 0.717) is 18.0 Å². The topological polar surface area (TPSA) is 55.1 Å². The van der Waals surface area contributed by atoms with Crippen molar-refractivity contribution in [1.82, 2.24) is 5.32 Å². The summed E-state index contributed by atoms with van der Waals surface area (Å²) in [5, 5.41) is 2.44. The Morgan fingerprint density at radius 2 is 1.75 bits per heavy atom. The van der Waals surface area contributed by atoms with Gasteiger partial charge in [0.1, 0.15) is 11.1 Å². The van der Waals surface area contributed by atoms with Gasteiger partial charge in [-0.1, -0.05) is 42.5 Å². The second-order valence-corrected chi connectivity index (χ2v) is 6.27. The maximum atomic E-state index is 13.9. The molecule has 0 saturated heterocycles. The van der Waals surface area contributed by atoms with Gasteiger partial charge in [-0.15, -0.1) is 24.2 Å². The first kappa shape index (κ1) is 20.5. The standard InChI is InChI=1S/C18H21FN2OS.ClH/c19-15-10-4-5-11-16(15)23-17(14-8-2-1-3-9-14)18(22)21-13-7-6-12-20;/h1-5,8-11,17H,6-7,12-13,20H2,(H,21,22);1H. The summed E-state index contributed by atoms with van der Waals surface area (Å²) < 4.78 is 13.9. The maximum absolute atomic E-state index is 13.9. The Hall–Kier alpha value is -1.56. The predicted molar refractivity (Wildman–Crippen MR) is 100.0 cm³/mol. The molecular weight excluding hydrogens is 347 g/mol. The van der Waals surface area contributed by atoms with Crippen LogP contribution in [0.5, 0.6) is 0 Å². The van der Waals surface area contributed by atoms with Crippen molar-refractivity contribution >= 4 is 30.1 Å². The average molecular weight is 369 g/mol. The second-order valence-electron chi connectivity index (χ2n) is 5.13. The highest BCUT2D eigenvalue weighted by molar-refractivity contribution is 8.00. The highest BCUT2D eigenvalue weighted by Gasteiger charge is 2.22. The number of unbranched alkanes of at least 4 members (excludes halogenated alkanes) is 1. The molecule has 0 aliphatic heterocycles. The number of rotatable bonds is 8. The van der Waals surface area contributed by atoms with Crippen LogP contribution in [0.15, 0.2) is 59.5 Å². The van der Waals surface area contributed by atoms with E-state index in [0.717, 1.165) is 18.4 Å². The van der Waals surface area contributed by atoms with Gasteiger partial charge in [0.2, 0.25) is 5.91 Å². The molecule has 0 heterocycles. The van der Waals surface area contributed by atoms with E-state index < -0.39 is 5.25 Å². The van der Waals surface area contributed by atoms with Gasteiger partial charge in [-0.2, -0.15) is 0 Å². The molecule has 1 atom stereocenters. The highest BCUT2D eigenvalue weighted by atomic mass is 35.5. The Morgan fingerprint density at radius 1 is 1.08 bits per heavy atom. The molecular formula is C18H22ClFN2OS. The molecule has 24 heavy (non-hydrogen) atoms. The van der Waals surface area contributed by atoms with Crippen LogP contribution in [0.2, 0.25) is 0 Å². The number of nitrogens with two attached hydrogens (primary N) is 1. The first-order chi connectivity index (χ1) is 11.2. The van der Waals surface area contributed by atoms with E-state index in [9.17, 15) is 9.18 Å². The molecule has 130 valence electrons. The summed E-state index contributed by atoms with van der Waals surface area (Å²) in [4.78, 5) is 13.0. The molecule has 2 aromatic carbocycles. The van der Waals surface area contributed by atoms with Crippen LogP contribution < -0.4 is 11.1 Å². The third-order valence-corrected chi connectivity index (χ3v) is 4.66. The van der Waals surface area contributed by atoms with Gasteiger partial charge >= 0.3 is 0 Å². The normalized spacial score (nSPS) is 11.4. The summed E-state index contributed by atoms with van der Waals surface area (Å²) in [5.74, 6) is -0.421. The largest absolute Gasteiger partial charge is 0.355 e. The van der Waals surface area contributed by atoms with Gasteiger partial charge in [-0.3, -0.25) is 4.79 Å².